The van der Waals surface area contributed by atoms with E-state index in [-0.39, 0.29) is 18.4 Å². The molecule has 0 fully saturated rings. The third-order valence-electron chi connectivity index (χ3n) is 4.69. The molecule has 4 heterocycles. The van der Waals surface area contributed by atoms with Crippen molar-refractivity contribution in [3.05, 3.63) is 78.3 Å². The minimum absolute atomic E-state index is 0.147. The summed E-state index contributed by atoms with van der Waals surface area (Å²) in [6.07, 6.45) is 7.12. The molecule has 1 atom stereocenters. The maximum Gasteiger partial charge on any atom is 0.226 e. The maximum absolute atomic E-state index is 12.6. The molecule has 0 spiro atoms. The Balaban J connectivity index is 1.50. The normalized spacial score (nSPS) is 12.1. The molecule has 4 aromatic rings. The summed E-state index contributed by atoms with van der Waals surface area (Å²) in [6, 6.07) is 11.0. The SMILES string of the molecule is COC[C@H](NC(=O)Cc1cc2cnn(-c3ccnc(C)c3)c2cn1)c1ccccn1. The summed E-state index contributed by atoms with van der Waals surface area (Å²) in [4.78, 5) is 25.6. The Labute approximate surface area is 174 Å². The molecule has 4 rings (SSSR count). The molecule has 4 aromatic heterocycles. The fourth-order valence-electron chi connectivity index (χ4n) is 3.30. The van der Waals surface area contributed by atoms with Gasteiger partial charge in [-0.3, -0.25) is 19.7 Å². The molecule has 152 valence electrons. The van der Waals surface area contributed by atoms with Crippen LogP contribution < -0.4 is 5.32 Å². The molecule has 8 nitrogen and oxygen atoms in total. The molecule has 0 radical (unpaired) electrons. The summed E-state index contributed by atoms with van der Waals surface area (Å²) in [5, 5.41) is 8.35. The van der Waals surface area contributed by atoms with Gasteiger partial charge in [0.25, 0.3) is 0 Å². The van der Waals surface area contributed by atoms with Crippen molar-refractivity contribution in [3.8, 4) is 5.69 Å². The van der Waals surface area contributed by atoms with E-state index < -0.39 is 0 Å². The van der Waals surface area contributed by atoms with E-state index in [9.17, 15) is 4.79 Å². The molecule has 30 heavy (non-hydrogen) atoms. The van der Waals surface area contributed by atoms with E-state index in [0.717, 1.165) is 28.0 Å². The quantitative estimate of drug-likeness (QED) is 0.511. The third kappa shape index (κ3) is 4.33. The highest BCUT2D eigenvalue weighted by Gasteiger charge is 2.17. The monoisotopic (exact) mass is 402 g/mol. The molecule has 0 aliphatic heterocycles. The van der Waals surface area contributed by atoms with Crippen LogP contribution in [0, 0.1) is 6.92 Å². The largest absolute Gasteiger partial charge is 0.382 e. The average molecular weight is 402 g/mol. The molecule has 8 heteroatoms. The summed E-state index contributed by atoms with van der Waals surface area (Å²) in [6.45, 7) is 2.28. The Kier molecular flexibility index (Phi) is 5.76. The van der Waals surface area contributed by atoms with Crippen molar-refractivity contribution in [1.82, 2.24) is 30.0 Å². The number of carbonyl (C=O) groups is 1. The van der Waals surface area contributed by atoms with Crippen molar-refractivity contribution in [3.63, 3.8) is 0 Å². The summed E-state index contributed by atoms with van der Waals surface area (Å²) < 4.78 is 7.05. The Hall–Kier alpha value is -3.65. The Morgan fingerprint density at radius 2 is 2.03 bits per heavy atom. The molecular weight excluding hydrogens is 380 g/mol. The van der Waals surface area contributed by atoms with Crippen molar-refractivity contribution >= 4 is 16.8 Å². The van der Waals surface area contributed by atoms with E-state index in [4.69, 9.17) is 4.74 Å². The van der Waals surface area contributed by atoms with Crippen molar-refractivity contribution in [2.45, 2.75) is 19.4 Å². The highest BCUT2D eigenvalue weighted by molar-refractivity contribution is 5.83. The first-order chi connectivity index (χ1) is 14.6. The molecular formula is C22H22N6O2. The van der Waals surface area contributed by atoms with Gasteiger partial charge in [-0.05, 0) is 37.3 Å². The molecule has 0 aliphatic carbocycles. The van der Waals surface area contributed by atoms with Gasteiger partial charge in [0.05, 0.1) is 54.1 Å². The lowest BCUT2D eigenvalue weighted by molar-refractivity contribution is -0.121. The van der Waals surface area contributed by atoms with Gasteiger partial charge in [0.1, 0.15) is 0 Å². The highest BCUT2D eigenvalue weighted by atomic mass is 16.5. The molecule has 0 aliphatic rings. The number of ether oxygens (including phenoxy) is 1. The number of methoxy groups -OCH3 is 1. The number of hydrogen-bond donors (Lipinski definition) is 1. The van der Waals surface area contributed by atoms with Crippen molar-refractivity contribution in [2.75, 3.05) is 13.7 Å². The zero-order valence-electron chi connectivity index (χ0n) is 16.8. The topological polar surface area (TPSA) is 94.8 Å². The van der Waals surface area contributed by atoms with Gasteiger partial charge in [-0.2, -0.15) is 5.10 Å². The van der Waals surface area contributed by atoms with Crippen LogP contribution in [0.25, 0.3) is 16.6 Å². The van der Waals surface area contributed by atoms with Crippen LogP contribution in [0.15, 0.2) is 61.2 Å². The molecule has 0 aromatic carbocycles. The number of hydrogen-bond acceptors (Lipinski definition) is 6. The van der Waals surface area contributed by atoms with Gasteiger partial charge in [0.2, 0.25) is 5.91 Å². The molecule has 0 saturated heterocycles. The lowest BCUT2D eigenvalue weighted by Crippen LogP contribution is -2.33. The van der Waals surface area contributed by atoms with Crippen LogP contribution in [0.5, 0.6) is 0 Å². The number of aryl methyl sites for hydroxylation is 1. The Bertz CT molecular complexity index is 1160. The number of amides is 1. The first-order valence-corrected chi connectivity index (χ1v) is 9.59. The first-order valence-electron chi connectivity index (χ1n) is 9.59. The highest BCUT2D eigenvalue weighted by Crippen LogP contribution is 2.19. The average Bonchev–Trinajstić information content (AvgIpc) is 3.17. The zero-order chi connectivity index (χ0) is 20.9. The predicted molar refractivity (Wildman–Crippen MR) is 112 cm³/mol. The number of rotatable bonds is 7. The number of carbonyl (C=O) groups excluding carboxylic acids is 1. The lowest BCUT2D eigenvalue weighted by Gasteiger charge is -2.17. The molecule has 1 amide bonds. The Morgan fingerprint density at radius 1 is 1.13 bits per heavy atom. The summed E-state index contributed by atoms with van der Waals surface area (Å²) in [5.41, 5.74) is 4.13. The van der Waals surface area contributed by atoms with Gasteiger partial charge in [-0.25, -0.2) is 4.68 Å². The second-order valence-corrected chi connectivity index (χ2v) is 6.95. The van der Waals surface area contributed by atoms with E-state index in [1.54, 1.807) is 31.9 Å². The van der Waals surface area contributed by atoms with Crippen LogP contribution in [-0.4, -0.2) is 44.4 Å². The van der Waals surface area contributed by atoms with Crippen molar-refractivity contribution in [2.24, 2.45) is 0 Å². The summed E-state index contributed by atoms with van der Waals surface area (Å²) in [5.74, 6) is -0.147. The molecule has 0 bridgehead atoms. The fraction of sp³-hybridized carbons (Fsp3) is 0.227. The van der Waals surface area contributed by atoms with E-state index >= 15 is 0 Å². The zero-order valence-corrected chi connectivity index (χ0v) is 16.8. The van der Waals surface area contributed by atoms with Gasteiger partial charge < -0.3 is 10.1 Å². The summed E-state index contributed by atoms with van der Waals surface area (Å²) in [7, 11) is 1.60. The smallest absolute Gasteiger partial charge is 0.226 e. The van der Waals surface area contributed by atoms with Crippen LogP contribution in [0.1, 0.15) is 23.1 Å². The standard InChI is InChI=1S/C22H22N6O2/c1-15-9-18(6-8-23-15)28-21-13-25-17(10-16(21)12-26-28)11-22(29)27-20(14-30-2)19-5-3-4-7-24-19/h3-10,12-13,20H,11,14H2,1-2H3,(H,27,29)/t20-/m0/s1. The van der Waals surface area contributed by atoms with Crippen LogP contribution >= 0.6 is 0 Å². The first kappa shape index (κ1) is 19.7. The molecule has 0 unspecified atom stereocenters. The third-order valence-corrected chi connectivity index (χ3v) is 4.69. The lowest BCUT2D eigenvalue weighted by atomic mass is 10.1. The number of pyridine rings is 3. The Morgan fingerprint density at radius 3 is 2.80 bits per heavy atom. The van der Waals surface area contributed by atoms with Gasteiger partial charge in [-0.1, -0.05) is 6.07 Å². The second-order valence-electron chi connectivity index (χ2n) is 6.95. The van der Waals surface area contributed by atoms with E-state index in [2.05, 4.69) is 25.4 Å². The van der Waals surface area contributed by atoms with E-state index in [1.165, 1.54) is 0 Å². The predicted octanol–water partition coefficient (Wildman–Crippen LogP) is 2.57. The summed E-state index contributed by atoms with van der Waals surface area (Å²) >= 11 is 0. The van der Waals surface area contributed by atoms with E-state index in [0.29, 0.717) is 12.3 Å². The van der Waals surface area contributed by atoms with Crippen molar-refractivity contribution < 1.29 is 9.53 Å². The second kappa shape index (κ2) is 8.79. The van der Waals surface area contributed by atoms with E-state index in [1.807, 2.05) is 48.0 Å². The number of fused-ring (bicyclic) bond motifs is 1. The maximum atomic E-state index is 12.6. The minimum atomic E-state index is -0.315. The van der Waals surface area contributed by atoms with Crippen molar-refractivity contribution in [1.29, 1.82) is 0 Å². The van der Waals surface area contributed by atoms with Gasteiger partial charge in [-0.15, -0.1) is 0 Å². The molecule has 1 N–H and O–H groups in total. The minimum Gasteiger partial charge on any atom is -0.382 e. The van der Waals surface area contributed by atoms with Crippen LogP contribution in [-0.2, 0) is 16.0 Å². The van der Waals surface area contributed by atoms with Crippen LogP contribution in [0.3, 0.4) is 0 Å². The fourth-order valence-corrected chi connectivity index (χ4v) is 3.30. The number of nitrogens with one attached hydrogen (secondary N) is 1. The van der Waals surface area contributed by atoms with Gasteiger partial charge in [0, 0.05) is 30.6 Å². The van der Waals surface area contributed by atoms with Crippen LogP contribution in [0.4, 0.5) is 0 Å². The molecule has 0 saturated carbocycles. The van der Waals surface area contributed by atoms with Gasteiger partial charge >= 0.3 is 0 Å². The number of nitrogens with zero attached hydrogens (tertiary/aromatic N) is 5. The van der Waals surface area contributed by atoms with Crippen LogP contribution in [0.2, 0.25) is 0 Å². The van der Waals surface area contributed by atoms with Gasteiger partial charge in [0.15, 0.2) is 0 Å². The number of aromatic nitrogens is 5.